The summed E-state index contributed by atoms with van der Waals surface area (Å²) in [5.74, 6) is -0.152. The summed E-state index contributed by atoms with van der Waals surface area (Å²) >= 11 is 0. The fourth-order valence-electron chi connectivity index (χ4n) is 5.03. The first-order valence-corrected chi connectivity index (χ1v) is 16.1. The molecule has 0 saturated carbocycles. The van der Waals surface area contributed by atoms with Crippen molar-refractivity contribution in [1.82, 2.24) is 20.4 Å². The molecule has 0 radical (unpaired) electrons. The van der Waals surface area contributed by atoms with Gasteiger partial charge in [-0.3, -0.25) is 9.59 Å². The van der Waals surface area contributed by atoms with Gasteiger partial charge in [0, 0.05) is 59.3 Å². The maximum atomic E-state index is 13.4. The Morgan fingerprint density at radius 1 is 1.09 bits per heavy atom. The zero-order chi connectivity index (χ0) is 32.4. The minimum atomic E-state index is -0.232. The molecule has 2 rings (SSSR count). The average molecular weight is 591 g/mol. The lowest BCUT2D eigenvalue weighted by Crippen LogP contribution is -2.39. The summed E-state index contributed by atoms with van der Waals surface area (Å²) in [5, 5.41) is 6.18. The second-order valence-electron chi connectivity index (χ2n) is 13.7. The van der Waals surface area contributed by atoms with Crippen LogP contribution in [0.15, 0.2) is 82.7 Å². The molecule has 43 heavy (non-hydrogen) atoms. The van der Waals surface area contributed by atoms with Gasteiger partial charge in [-0.1, -0.05) is 70.1 Å². The van der Waals surface area contributed by atoms with E-state index < -0.39 is 0 Å². The van der Waals surface area contributed by atoms with Gasteiger partial charge < -0.3 is 20.4 Å². The van der Waals surface area contributed by atoms with E-state index in [0.717, 1.165) is 66.9 Å². The Kier molecular flexibility index (Phi) is 13.3. The van der Waals surface area contributed by atoms with Crippen molar-refractivity contribution in [2.75, 3.05) is 13.1 Å². The molecular weight excluding hydrogens is 532 g/mol. The quantitative estimate of drug-likeness (QED) is 0.211. The molecule has 2 amide bonds. The van der Waals surface area contributed by atoms with Crippen molar-refractivity contribution in [3.05, 3.63) is 82.7 Å². The first kappa shape index (κ1) is 35.9. The maximum Gasteiger partial charge on any atom is 0.253 e. The summed E-state index contributed by atoms with van der Waals surface area (Å²) in [5.41, 5.74) is 6.22. The summed E-state index contributed by atoms with van der Waals surface area (Å²) in [4.78, 5) is 31.1. The van der Waals surface area contributed by atoms with Gasteiger partial charge in [-0.15, -0.1) is 0 Å². The summed E-state index contributed by atoms with van der Waals surface area (Å²) in [6, 6.07) is 0. The molecule has 0 spiro atoms. The van der Waals surface area contributed by atoms with Crippen molar-refractivity contribution in [2.24, 2.45) is 5.41 Å². The molecule has 6 nitrogen and oxygen atoms in total. The lowest BCUT2D eigenvalue weighted by Gasteiger charge is -2.37. The van der Waals surface area contributed by atoms with Crippen molar-refractivity contribution >= 4 is 11.8 Å². The predicted molar refractivity (Wildman–Crippen MR) is 182 cm³/mol. The molecule has 2 aliphatic rings. The third-order valence-corrected chi connectivity index (χ3v) is 8.48. The van der Waals surface area contributed by atoms with E-state index in [1.165, 1.54) is 5.57 Å². The first-order chi connectivity index (χ1) is 20.1. The van der Waals surface area contributed by atoms with Crippen LogP contribution in [0.1, 0.15) is 114 Å². The van der Waals surface area contributed by atoms with E-state index in [-0.39, 0.29) is 22.8 Å². The molecule has 0 atom stereocenters. The highest BCUT2D eigenvalue weighted by molar-refractivity contribution is 5.96. The van der Waals surface area contributed by atoms with Crippen LogP contribution in [-0.4, -0.2) is 40.2 Å². The van der Waals surface area contributed by atoms with Gasteiger partial charge in [0.25, 0.3) is 11.8 Å². The molecule has 1 aliphatic heterocycles. The van der Waals surface area contributed by atoms with E-state index in [4.69, 9.17) is 0 Å². The van der Waals surface area contributed by atoms with Crippen molar-refractivity contribution in [3.8, 4) is 0 Å². The lowest BCUT2D eigenvalue weighted by molar-refractivity contribution is -0.118. The van der Waals surface area contributed by atoms with E-state index >= 15 is 0 Å². The first-order valence-electron chi connectivity index (χ1n) is 16.1. The number of hydrogen-bond acceptors (Lipinski definition) is 4. The summed E-state index contributed by atoms with van der Waals surface area (Å²) in [6.45, 7) is 27.0. The van der Waals surface area contributed by atoms with Crippen molar-refractivity contribution in [1.29, 1.82) is 0 Å². The van der Waals surface area contributed by atoms with Gasteiger partial charge in [-0.25, -0.2) is 0 Å². The SMILES string of the molecule is C=C(CCC(C)=C(C)NC(=O)C(=CN(CCCC)C(C)(C)C)CC)NC(=O)C1=CN(C2=CCC=C(C)C=C2)CCC1(C)C. The van der Waals surface area contributed by atoms with E-state index in [0.29, 0.717) is 25.0 Å². The largest absolute Gasteiger partial charge is 0.372 e. The smallest absolute Gasteiger partial charge is 0.253 e. The van der Waals surface area contributed by atoms with Gasteiger partial charge in [0.15, 0.2) is 0 Å². The maximum absolute atomic E-state index is 13.4. The summed E-state index contributed by atoms with van der Waals surface area (Å²) in [7, 11) is 0. The molecule has 0 bridgehead atoms. The van der Waals surface area contributed by atoms with Crippen LogP contribution in [-0.2, 0) is 9.59 Å². The van der Waals surface area contributed by atoms with Gasteiger partial charge in [0.05, 0.1) is 0 Å². The van der Waals surface area contributed by atoms with Crippen LogP contribution in [0.3, 0.4) is 0 Å². The molecule has 1 aliphatic carbocycles. The molecule has 238 valence electrons. The van der Waals surface area contributed by atoms with Crippen LogP contribution in [0.5, 0.6) is 0 Å². The van der Waals surface area contributed by atoms with Gasteiger partial charge >= 0.3 is 0 Å². The third kappa shape index (κ3) is 11.1. The van der Waals surface area contributed by atoms with Crippen LogP contribution >= 0.6 is 0 Å². The Hall–Kier alpha value is -3.28. The second-order valence-corrected chi connectivity index (χ2v) is 13.7. The summed E-state index contributed by atoms with van der Waals surface area (Å²) < 4.78 is 0. The number of nitrogens with zero attached hydrogens (tertiary/aromatic N) is 2. The zero-order valence-corrected chi connectivity index (χ0v) is 28.7. The van der Waals surface area contributed by atoms with Crippen LogP contribution in [0.25, 0.3) is 0 Å². The number of rotatable bonds is 13. The Bertz CT molecular complexity index is 1220. The lowest BCUT2D eigenvalue weighted by atomic mass is 9.78. The van der Waals surface area contributed by atoms with Gasteiger partial charge in [-0.05, 0) is 91.6 Å². The highest BCUT2D eigenvalue weighted by atomic mass is 16.2. The number of carbonyl (C=O) groups excluding carboxylic acids is 2. The monoisotopic (exact) mass is 590 g/mol. The number of hydrogen-bond donors (Lipinski definition) is 2. The molecule has 0 saturated heterocycles. The van der Waals surface area contributed by atoms with Crippen LogP contribution < -0.4 is 10.6 Å². The minimum Gasteiger partial charge on any atom is -0.372 e. The standard InChI is InChI=1S/C37H58N4O2/c1-12-14-23-41(36(7,8)9)25-31(13-2)34(42)39-30(6)28(4)19-20-29(5)38-35(43)33-26-40(24-22-37(33,10)11)32-17-15-16-27(3)18-21-32/h16-18,21,25-26H,5,12-15,19-20,22-24H2,1-4,6-11H3,(H,38,43)(H,39,42). The Balaban J connectivity index is 2.04. The van der Waals surface area contributed by atoms with Crippen LogP contribution in [0, 0.1) is 5.41 Å². The normalized spacial score (nSPS) is 17.7. The number of nitrogens with one attached hydrogen (secondary N) is 2. The van der Waals surface area contributed by atoms with Crippen molar-refractivity contribution in [2.45, 2.75) is 120 Å². The molecule has 0 unspecified atom stereocenters. The Morgan fingerprint density at radius 2 is 1.79 bits per heavy atom. The number of amides is 2. The summed E-state index contributed by atoms with van der Waals surface area (Å²) in [6.07, 6.45) is 18.6. The van der Waals surface area contributed by atoms with Gasteiger partial charge in [0.1, 0.15) is 0 Å². The van der Waals surface area contributed by atoms with Crippen LogP contribution in [0.2, 0.25) is 0 Å². The molecule has 6 heteroatoms. The second kappa shape index (κ2) is 16.0. The molecule has 0 aromatic carbocycles. The van der Waals surface area contributed by atoms with E-state index in [9.17, 15) is 9.59 Å². The molecule has 1 heterocycles. The van der Waals surface area contributed by atoms with Crippen molar-refractivity contribution in [3.63, 3.8) is 0 Å². The zero-order valence-electron chi connectivity index (χ0n) is 28.7. The molecule has 0 aromatic heterocycles. The van der Waals surface area contributed by atoms with Crippen molar-refractivity contribution < 1.29 is 9.59 Å². The van der Waals surface area contributed by atoms with Gasteiger partial charge in [0.2, 0.25) is 0 Å². The number of unbranched alkanes of at least 4 members (excludes halogenated alkanes) is 1. The highest BCUT2D eigenvalue weighted by Gasteiger charge is 2.33. The van der Waals surface area contributed by atoms with E-state index in [1.54, 1.807) is 0 Å². The molecular formula is C37H58N4O2. The highest BCUT2D eigenvalue weighted by Crippen LogP contribution is 2.36. The molecule has 0 aromatic rings. The number of carbonyl (C=O) groups is 2. The van der Waals surface area contributed by atoms with E-state index in [2.05, 4.69) is 99.8 Å². The molecule has 0 fully saturated rings. The predicted octanol–water partition coefficient (Wildman–Crippen LogP) is 8.41. The Labute approximate surface area is 262 Å². The van der Waals surface area contributed by atoms with Gasteiger partial charge in [-0.2, -0.15) is 0 Å². The fourth-order valence-corrected chi connectivity index (χ4v) is 5.03. The Morgan fingerprint density at radius 3 is 2.42 bits per heavy atom. The molecule has 2 N–H and O–H groups in total. The third-order valence-electron chi connectivity index (χ3n) is 8.48. The van der Waals surface area contributed by atoms with E-state index in [1.807, 2.05) is 33.2 Å². The average Bonchev–Trinajstić information content (AvgIpc) is 3.15. The fraction of sp³-hybridized carbons (Fsp3) is 0.568. The van der Waals surface area contributed by atoms with Crippen LogP contribution in [0.4, 0.5) is 0 Å². The number of allylic oxidation sites excluding steroid dienone is 8. The topological polar surface area (TPSA) is 64.7 Å². The minimum absolute atomic E-state index is 0.0528.